The van der Waals surface area contributed by atoms with Gasteiger partial charge in [0.15, 0.2) is 5.58 Å². The molecule has 242 valence electrons. The number of carbonyl (C=O) groups is 3. The highest BCUT2D eigenvalue weighted by Crippen LogP contribution is 2.24. The molecular formula is C31H35F3N4O7. The molecule has 0 bridgehead atoms. The molecule has 0 fully saturated rings. The normalized spacial score (nSPS) is 11.8. The van der Waals surface area contributed by atoms with Crippen molar-refractivity contribution in [2.45, 2.75) is 70.6 Å². The van der Waals surface area contributed by atoms with E-state index >= 15 is 0 Å². The number of nitrogens with one attached hydrogen (secondary N) is 2. The van der Waals surface area contributed by atoms with Crippen LogP contribution >= 0.6 is 0 Å². The average Bonchev–Trinajstić information content (AvgIpc) is 3.63. The second-order valence-electron chi connectivity index (χ2n) is 10.1. The maximum absolute atomic E-state index is 13.0. The topological polar surface area (TPSA) is 157 Å². The lowest BCUT2D eigenvalue weighted by Crippen LogP contribution is -2.30. The first kappa shape index (κ1) is 34.6. The molecule has 0 aliphatic carbocycles. The predicted octanol–water partition coefficient (Wildman–Crippen LogP) is 5.80. The van der Waals surface area contributed by atoms with Crippen LogP contribution in [0.5, 0.6) is 5.75 Å². The Morgan fingerprint density at radius 2 is 1.80 bits per heavy atom. The van der Waals surface area contributed by atoms with E-state index in [1.807, 2.05) is 37.3 Å². The monoisotopic (exact) mass is 632 g/mol. The lowest BCUT2D eigenvalue weighted by atomic mass is 10.0. The second kappa shape index (κ2) is 16.3. The number of halogens is 3. The minimum absolute atomic E-state index is 0.0967. The third kappa shape index (κ3) is 10.4. The van der Waals surface area contributed by atoms with Crippen LogP contribution in [0.4, 0.5) is 13.2 Å². The summed E-state index contributed by atoms with van der Waals surface area (Å²) < 4.78 is 43.7. The maximum atomic E-state index is 13.0. The highest BCUT2D eigenvalue weighted by molar-refractivity contribution is 5.78. The molecule has 0 saturated heterocycles. The Morgan fingerprint density at radius 1 is 1.09 bits per heavy atom. The SMILES string of the molecule is CCC(=O)CCCCC[C@H](NC(=O)CCn1c(=O)oc2ccc(OC)cc21)c1ncc(-c2ccccc2)[nH]1.O=C(O)C(F)(F)F. The zero-order chi connectivity index (χ0) is 33.0. The van der Waals surface area contributed by atoms with Crippen molar-refractivity contribution in [2.75, 3.05) is 7.11 Å². The molecule has 0 saturated carbocycles. The number of unbranched alkanes of at least 4 members (excludes halogenated alkanes) is 2. The van der Waals surface area contributed by atoms with Crippen molar-refractivity contribution in [1.82, 2.24) is 19.9 Å². The number of aliphatic carboxylic acids is 1. The summed E-state index contributed by atoms with van der Waals surface area (Å²) >= 11 is 0. The van der Waals surface area contributed by atoms with E-state index < -0.39 is 17.9 Å². The molecule has 14 heteroatoms. The van der Waals surface area contributed by atoms with Gasteiger partial charge in [-0.05, 0) is 30.5 Å². The maximum Gasteiger partial charge on any atom is 0.490 e. The molecule has 3 N–H and O–H groups in total. The van der Waals surface area contributed by atoms with E-state index in [0.717, 1.165) is 30.5 Å². The van der Waals surface area contributed by atoms with Gasteiger partial charge in [0.2, 0.25) is 5.91 Å². The smallest absolute Gasteiger partial charge is 0.490 e. The van der Waals surface area contributed by atoms with Gasteiger partial charge < -0.3 is 24.6 Å². The summed E-state index contributed by atoms with van der Waals surface area (Å²) in [6, 6.07) is 14.7. The molecule has 0 radical (unpaired) electrons. The summed E-state index contributed by atoms with van der Waals surface area (Å²) in [5.41, 5.74) is 2.91. The van der Waals surface area contributed by atoms with E-state index in [-0.39, 0.29) is 30.7 Å². The minimum Gasteiger partial charge on any atom is -0.497 e. The second-order valence-corrected chi connectivity index (χ2v) is 10.1. The number of imidazole rings is 1. The third-order valence-electron chi connectivity index (χ3n) is 6.87. The van der Waals surface area contributed by atoms with Gasteiger partial charge in [0.05, 0.1) is 30.6 Å². The minimum atomic E-state index is -5.08. The molecular weight excluding hydrogens is 597 g/mol. The van der Waals surface area contributed by atoms with Crippen molar-refractivity contribution < 1.29 is 41.8 Å². The molecule has 2 heterocycles. The van der Waals surface area contributed by atoms with Crippen molar-refractivity contribution in [3.8, 4) is 17.0 Å². The number of ether oxygens (including phenoxy) is 1. The van der Waals surface area contributed by atoms with Crippen molar-refractivity contribution in [3.05, 3.63) is 71.1 Å². The van der Waals surface area contributed by atoms with Crippen LogP contribution in [0.3, 0.4) is 0 Å². The molecule has 4 rings (SSSR count). The molecule has 45 heavy (non-hydrogen) atoms. The first-order chi connectivity index (χ1) is 21.4. The number of aryl methyl sites for hydroxylation is 1. The van der Waals surface area contributed by atoms with E-state index in [1.165, 1.54) is 4.57 Å². The first-order valence-corrected chi connectivity index (χ1v) is 14.3. The number of aromatic amines is 1. The van der Waals surface area contributed by atoms with E-state index in [1.54, 1.807) is 31.5 Å². The number of amides is 1. The van der Waals surface area contributed by atoms with E-state index in [4.69, 9.17) is 19.1 Å². The summed E-state index contributed by atoms with van der Waals surface area (Å²) in [6.45, 7) is 2.05. The lowest BCUT2D eigenvalue weighted by molar-refractivity contribution is -0.192. The third-order valence-corrected chi connectivity index (χ3v) is 6.87. The standard InChI is InChI=1S/C29H34N4O5.C2HF3O2/c1-3-21(34)12-8-5-9-13-23(28-30-19-24(32-28)20-10-6-4-7-11-20)31-27(35)16-17-33-25-18-22(37-2)14-15-26(25)38-29(33)36;3-2(4,5)1(6)7/h4,6-7,10-11,14-15,18-19,23H,3,5,8-9,12-13,16-17H2,1-2H3,(H,30,32)(H,31,35);(H,6,7)/t23-;/m0./s1. The molecule has 0 unspecified atom stereocenters. The van der Waals surface area contributed by atoms with Crippen molar-refractivity contribution in [2.24, 2.45) is 0 Å². The van der Waals surface area contributed by atoms with Gasteiger partial charge in [0.25, 0.3) is 0 Å². The zero-order valence-electron chi connectivity index (χ0n) is 24.9. The number of hydrogen-bond acceptors (Lipinski definition) is 7. The van der Waals surface area contributed by atoms with Gasteiger partial charge in [-0.15, -0.1) is 0 Å². The predicted molar refractivity (Wildman–Crippen MR) is 159 cm³/mol. The molecule has 0 aliphatic heterocycles. The number of ketones is 1. The molecule has 11 nitrogen and oxygen atoms in total. The van der Waals surface area contributed by atoms with Gasteiger partial charge in [-0.25, -0.2) is 14.6 Å². The summed E-state index contributed by atoms with van der Waals surface area (Å²) in [5.74, 6) is -1.92. The number of Topliss-reactive ketones (excluding diaryl/α,β-unsaturated/α-hetero) is 1. The molecule has 1 atom stereocenters. The number of alkyl halides is 3. The number of rotatable bonds is 14. The number of fused-ring (bicyclic) bond motifs is 1. The Balaban J connectivity index is 0.000000707. The number of nitrogens with zero attached hydrogens (tertiary/aromatic N) is 2. The largest absolute Gasteiger partial charge is 0.497 e. The number of oxazole rings is 1. The Morgan fingerprint density at radius 3 is 2.44 bits per heavy atom. The molecule has 0 aliphatic rings. The van der Waals surface area contributed by atoms with Crippen molar-refractivity contribution >= 4 is 28.8 Å². The average molecular weight is 633 g/mol. The fraction of sp³-hybridized carbons (Fsp3) is 0.387. The number of carbonyl (C=O) groups excluding carboxylic acids is 2. The van der Waals surface area contributed by atoms with Crippen LogP contribution in [0.1, 0.15) is 63.7 Å². The number of carboxylic acids is 1. The van der Waals surface area contributed by atoms with Crippen LogP contribution in [0, 0.1) is 0 Å². The van der Waals surface area contributed by atoms with Crippen LogP contribution in [-0.4, -0.2) is 50.6 Å². The number of H-pyrrole nitrogens is 1. The quantitative estimate of drug-likeness (QED) is 0.147. The summed E-state index contributed by atoms with van der Waals surface area (Å²) in [7, 11) is 1.55. The van der Waals surface area contributed by atoms with Gasteiger partial charge in [0, 0.05) is 31.9 Å². The van der Waals surface area contributed by atoms with E-state index in [2.05, 4.69) is 15.3 Å². The highest BCUT2D eigenvalue weighted by atomic mass is 19.4. The Labute approximate surface area is 256 Å². The van der Waals surface area contributed by atoms with Crippen LogP contribution < -0.4 is 15.8 Å². The molecule has 2 aromatic heterocycles. The molecule has 2 aromatic carbocycles. The molecule has 1 amide bonds. The van der Waals surface area contributed by atoms with Crippen molar-refractivity contribution in [1.29, 1.82) is 0 Å². The van der Waals surface area contributed by atoms with Crippen LogP contribution in [-0.2, 0) is 20.9 Å². The van der Waals surface area contributed by atoms with Gasteiger partial charge in [0.1, 0.15) is 17.4 Å². The Bertz CT molecular complexity index is 1630. The zero-order valence-corrected chi connectivity index (χ0v) is 24.9. The van der Waals surface area contributed by atoms with Gasteiger partial charge in [-0.1, -0.05) is 50.1 Å². The Kier molecular flexibility index (Phi) is 12.5. The highest BCUT2D eigenvalue weighted by Gasteiger charge is 2.38. The fourth-order valence-electron chi connectivity index (χ4n) is 4.44. The van der Waals surface area contributed by atoms with Gasteiger partial charge in [-0.2, -0.15) is 13.2 Å². The Hall–Kier alpha value is -4.88. The fourth-order valence-corrected chi connectivity index (χ4v) is 4.44. The summed E-state index contributed by atoms with van der Waals surface area (Å²) in [5, 5.41) is 10.2. The summed E-state index contributed by atoms with van der Waals surface area (Å²) in [6.07, 6.45) is 1.19. The van der Waals surface area contributed by atoms with Gasteiger partial charge >= 0.3 is 17.9 Å². The van der Waals surface area contributed by atoms with Crippen LogP contribution in [0.15, 0.2) is 63.9 Å². The van der Waals surface area contributed by atoms with Crippen LogP contribution in [0.25, 0.3) is 22.4 Å². The van der Waals surface area contributed by atoms with Crippen LogP contribution in [0.2, 0.25) is 0 Å². The number of aromatic nitrogens is 3. The van der Waals surface area contributed by atoms with E-state index in [9.17, 15) is 27.6 Å². The van der Waals surface area contributed by atoms with Crippen molar-refractivity contribution in [3.63, 3.8) is 0 Å². The van der Waals surface area contributed by atoms with E-state index in [0.29, 0.717) is 41.9 Å². The first-order valence-electron chi connectivity index (χ1n) is 14.3. The number of benzene rings is 2. The number of methoxy groups -OCH3 is 1. The molecule has 4 aromatic rings. The van der Waals surface area contributed by atoms with Gasteiger partial charge in [-0.3, -0.25) is 14.2 Å². The lowest BCUT2D eigenvalue weighted by Gasteiger charge is -2.17. The summed E-state index contributed by atoms with van der Waals surface area (Å²) in [4.78, 5) is 53.8. The number of hydrogen-bond donors (Lipinski definition) is 3. The molecule has 0 spiro atoms. The number of carboxylic acid groups (broad SMARTS) is 1.